The average molecular weight is 438 g/mol. The molecule has 0 radical (unpaired) electrons. The van der Waals surface area contributed by atoms with E-state index < -0.39 is 0 Å². The van der Waals surface area contributed by atoms with E-state index in [4.69, 9.17) is 11.6 Å². The van der Waals surface area contributed by atoms with Crippen molar-refractivity contribution in [3.8, 4) is 0 Å². The Morgan fingerprint density at radius 2 is 1.83 bits per heavy atom. The van der Waals surface area contributed by atoms with Crippen molar-refractivity contribution in [1.82, 2.24) is 14.5 Å². The van der Waals surface area contributed by atoms with Gasteiger partial charge in [-0.05, 0) is 37.1 Å². The number of aromatic amines is 1. The molecule has 0 spiro atoms. The zero-order chi connectivity index (χ0) is 20.7. The topological polar surface area (TPSA) is 58.1 Å². The monoisotopic (exact) mass is 437 g/mol. The maximum atomic E-state index is 12.7. The number of imidazole rings is 1. The van der Waals surface area contributed by atoms with E-state index in [-0.39, 0.29) is 17.6 Å². The third kappa shape index (κ3) is 3.36. The number of halogens is 1. The lowest BCUT2D eigenvalue weighted by molar-refractivity contribution is -0.127. The van der Waals surface area contributed by atoms with Gasteiger partial charge in [-0.15, -0.1) is 11.3 Å². The zero-order valence-electron chi connectivity index (χ0n) is 16.2. The van der Waals surface area contributed by atoms with E-state index in [1.54, 1.807) is 17.4 Å². The lowest BCUT2D eigenvalue weighted by atomic mass is 10.0. The van der Waals surface area contributed by atoms with Crippen LogP contribution < -0.4 is 5.69 Å². The molecule has 3 heterocycles. The SMILES string of the molecule is O=C(/C=C/c1sc2ccccc2c1Cl)N1CCC(n2c(=O)[nH]c3ccccc32)CC1. The molecule has 4 aromatic rings. The van der Waals surface area contributed by atoms with Gasteiger partial charge in [-0.1, -0.05) is 41.9 Å². The lowest BCUT2D eigenvalue weighted by Crippen LogP contribution is -2.39. The molecule has 1 fully saturated rings. The normalized spacial score (nSPS) is 15.6. The Morgan fingerprint density at radius 3 is 2.63 bits per heavy atom. The van der Waals surface area contributed by atoms with Crippen LogP contribution in [0, 0.1) is 0 Å². The van der Waals surface area contributed by atoms with Crippen LogP contribution in [0.1, 0.15) is 23.8 Å². The van der Waals surface area contributed by atoms with Crippen LogP contribution in [0.3, 0.4) is 0 Å². The van der Waals surface area contributed by atoms with E-state index in [0.717, 1.165) is 38.8 Å². The number of hydrogen-bond donors (Lipinski definition) is 1. The van der Waals surface area contributed by atoms with Gasteiger partial charge in [0.05, 0.1) is 16.1 Å². The minimum atomic E-state index is -0.0831. The number of carbonyl (C=O) groups excluding carboxylic acids is 1. The summed E-state index contributed by atoms with van der Waals surface area (Å²) in [6.45, 7) is 1.25. The van der Waals surface area contributed by atoms with Gasteiger partial charge < -0.3 is 9.88 Å². The number of para-hydroxylation sites is 2. The maximum Gasteiger partial charge on any atom is 0.326 e. The number of aromatic nitrogens is 2. The number of fused-ring (bicyclic) bond motifs is 2. The molecule has 30 heavy (non-hydrogen) atoms. The highest BCUT2D eigenvalue weighted by atomic mass is 35.5. The standard InChI is InChI=1S/C23H20ClN3O2S/c24-22-16-5-1-4-8-19(16)30-20(22)9-10-21(28)26-13-11-15(12-14-26)27-18-7-3-2-6-17(18)25-23(27)29/h1-10,15H,11-14H2,(H,25,29)/b10-9+. The number of nitrogens with one attached hydrogen (secondary N) is 1. The Kier molecular flexibility index (Phi) is 4.97. The number of piperidine rings is 1. The van der Waals surface area contributed by atoms with Crippen LogP contribution in [0.15, 0.2) is 59.4 Å². The first-order valence-corrected chi connectivity index (χ1v) is 11.1. The molecule has 5 nitrogen and oxygen atoms in total. The Morgan fingerprint density at radius 1 is 1.10 bits per heavy atom. The number of thiophene rings is 1. The van der Waals surface area contributed by atoms with Crippen molar-refractivity contribution in [2.45, 2.75) is 18.9 Å². The van der Waals surface area contributed by atoms with Crippen LogP contribution >= 0.6 is 22.9 Å². The minimum absolute atomic E-state index is 0.0201. The van der Waals surface area contributed by atoms with Gasteiger partial charge >= 0.3 is 5.69 Å². The number of hydrogen-bond acceptors (Lipinski definition) is 3. The van der Waals surface area contributed by atoms with Crippen LogP contribution in [0.2, 0.25) is 5.02 Å². The van der Waals surface area contributed by atoms with Crippen LogP contribution in [-0.2, 0) is 4.79 Å². The van der Waals surface area contributed by atoms with E-state index in [0.29, 0.717) is 18.1 Å². The van der Waals surface area contributed by atoms with Crippen molar-refractivity contribution in [3.63, 3.8) is 0 Å². The number of carbonyl (C=O) groups is 1. The number of H-pyrrole nitrogens is 1. The van der Waals surface area contributed by atoms with Crippen molar-refractivity contribution in [2.24, 2.45) is 0 Å². The Balaban J connectivity index is 1.28. The molecule has 1 aliphatic heterocycles. The van der Waals surface area contributed by atoms with Crippen molar-refractivity contribution in [2.75, 3.05) is 13.1 Å². The number of nitrogens with zero attached hydrogens (tertiary/aromatic N) is 2. The predicted molar refractivity (Wildman–Crippen MR) is 123 cm³/mol. The van der Waals surface area contributed by atoms with Crippen LogP contribution in [0.4, 0.5) is 0 Å². The second-order valence-corrected chi connectivity index (χ2v) is 8.95. The molecule has 1 N–H and O–H groups in total. The largest absolute Gasteiger partial charge is 0.339 e. The molecule has 152 valence electrons. The Bertz CT molecular complexity index is 1330. The Hall–Kier alpha value is -2.83. The highest BCUT2D eigenvalue weighted by molar-refractivity contribution is 7.20. The third-order valence-electron chi connectivity index (χ3n) is 5.70. The van der Waals surface area contributed by atoms with Gasteiger partial charge in [-0.3, -0.25) is 9.36 Å². The summed E-state index contributed by atoms with van der Waals surface area (Å²) in [5.74, 6) is -0.0201. The fourth-order valence-electron chi connectivity index (χ4n) is 4.17. The van der Waals surface area contributed by atoms with Crippen molar-refractivity contribution in [3.05, 3.63) is 75.0 Å². The number of benzene rings is 2. The predicted octanol–water partition coefficient (Wildman–Crippen LogP) is 5.07. The number of amides is 1. The molecule has 1 aliphatic rings. The van der Waals surface area contributed by atoms with Gasteiger partial charge in [-0.2, -0.15) is 0 Å². The average Bonchev–Trinajstić information content (AvgIpc) is 3.28. The molecule has 0 atom stereocenters. The summed E-state index contributed by atoms with van der Waals surface area (Å²) in [7, 11) is 0. The van der Waals surface area contributed by atoms with Crippen LogP contribution in [0.25, 0.3) is 27.2 Å². The minimum Gasteiger partial charge on any atom is -0.339 e. The second kappa shape index (κ2) is 7.78. The molecule has 0 bridgehead atoms. The van der Waals surface area contributed by atoms with Crippen molar-refractivity contribution >= 4 is 56.0 Å². The van der Waals surface area contributed by atoms with E-state index in [1.807, 2.05) is 64.1 Å². The molecule has 7 heteroatoms. The molecule has 0 unspecified atom stereocenters. The van der Waals surface area contributed by atoms with Crippen LogP contribution in [0.5, 0.6) is 0 Å². The summed E-state index contributed by atoms with van der Waals surface area (Å²) in [6.07, 6.45) is 4.93. The fourth-order valence-corrected chi connectivity index (χ4v) is 5.57. The quantitative estimate of drug-likeness (QED) is 0.454. The molecule has 0 saturated carbocycles. The molecule has 5 rings (SSSR count). The first-order chi connectivity index (χ1) is 14.6. The molecular weight excluding hydrogens is 418 g/mol. The number of likely N-dealkylation sites (tertiary alicyclic amines) is 1. The summed E-state index contributed by atoms with van der Waals surface area (Å²) in [6, 6.07) is 15.8. The summed E-state index contributed by atoms with van der Waals surface area (Å²) >= 11 is 8.05. The third-order valence-corrected chi connectivity index (χ3v) is 7.36. The molecule has 1 amide bonds. The van der Waals surface area contributed by atoms with Gasteiger partial charge in [0.1, 0.15) is 0 Å². The zero-order valence-corrected chi connectivity index (χ0v) is 17.7. The van der Waals surface area contributed by atoms with Crippen LogP contribution in [-0.4, -0.2) is 33.4 Å². The van der Waals surface area contributed by atoms with Gasteiger partial charge in [0.2, 0.25) is 5.91 Å². The lowest BCUT2D eigenvalue weighted by Gasteiger charge is -2.32. The molecular formula is C23H20ClN3O2S. The Labute approximate surface area is 182 Å². The molecule has 2 aromatic heterocycles. The van der Waals surface area contributed by atoms with Crippen molar-refractivity contribution in [1.29, 1.82) is 0 Å². The van der Waals surface area contributed by atoms with Gasteiger partial charge in [0.25, 0.3) is 0 Å². The summed E-state index contributed by atoms with van der Waals surface area (Å²) < 4.78 is 2.95. The summed E-state index contributed by atoms with van der Waals surface area (Å²) in [4.78, 5) is 30.8. The molecule has 2 aromatic carbocycles. The van der Waals surface area contributed by atoms with Gasteiger partial charge in [0.15, 0.2) is 0 Å². The van der Waals surface area contributed by atoms with Crippen molar-refractivity contribution < 1.29 is 4.79 Å². The van der Waals surface area contributed by atoms with E-state index in [1.165, 1.54) is 0 Å². The summed E-state index contributed by atoms with van der Waals surface area (Å²) in [5.41, 5.74) is 1.69. The smallest absolute Gasteiger partial charge is 0.326 e. The highest BCUT2D eigenvalue weighted by Gasteiger charge is 2.25. The second-order valence-electron chi connectivity index (χ2n) is 7.48. The fraction of sp³-hybridized carbons (Fsp3) is 0.217. The van der Waals surface area contributed by atoms with Gasteiger partial charge in [0, 0.05) is 40.2 Å². The van der Waals surface area contributed by atoms with E-state index in [2.05, 4.69) is 4.98 Å². The first-order valence-electron chi connectivity index (χ1n) is 9.95. The first kappa shape index (κ1) is 19.2. The van der Waals surface area contributed by atoms with E-state index >= 15 is 0 Å². The highest BCUT2D eigenvalue weighted by Crippen LogP contribution is 2.36. The molecule has 1 saturated heterocycles. The van der Waals surface area contributed by atoms with E-state index in [9.17, 15) is 9.59 Å². The van der Waals surface area contributed by atoms with Gasteiger partial charge in [-0.25, -0.2) is 4.79 Å². The maximum absolute atomic E-state index is 12.7. The molecule has 0 aliphatic carbocycles. The summed E-state index contributed by atoms with van der Waals surface area (Å²) in [5, 5.41) is 1.71. The number of rotatable bonds is 3.